The summed E-state index contributed by atoms with van der Waals surface area (Å²) in [6.45, 7) is 13.1. The summed E-state index contributed by atoms with van der Waals surface area (Å²) in [6, 6.07) is 4.47. The minimum Gasteiger partial charge on any atom is -0.490 e. The highest BCUT2D eigenvalue weighted by Gasteiger charge is 2.42. The molecule has 248 valence electrons. The molecule has 3 aliphatic rings. The summed E-state index contributed by atoms with van der Waals surface area (Å²) in [5.41, 5.74) is -2.07. The number of carbonyl (C=O) groups excluding carboxylic acids is 1. The van der Waals surface area contributed by atoms with Crippen molar-refractivity contribution in [2.24, 2.45) is 5.92 Å². The fraction of sp³-hybridized carbons (Fsp3) is 0.412. The number of aliphatic hydroxyl groups is 2. The molecule has 3 N–H and O–H groups in total. The molecule has 1 amide bonds. The molecule has 5 heterocycles. The molecule has 1 fully saturated rings. The first-order valence-electron chi connectivity index (χ1n) is 15.6. The third-order valence-corrected chi connectivity index (χ3v) is 9.61. The molecule has 2 aromatic heterocycles. The second-order valence-corrected chi connectivity index (χ2v) is 12.9. The van der Waals surface area contributed by atoms with Crippen LogP contribution in [-0.2, 0) is 4.79 Å². The Labute approximate surface area is 270 Å². The molecular formula is C34H38F2N6O5. The number of piperazine rings is 1. The highest BCUT2D eigenvalue weighted by molar-refractivity contribution is 5.93. The van der Waals surface area contributed by atoms with E-state index in [1.807, 2.05) is 39.5 Å². The topological polar surface area (TPSA) is 133 Å². The molecule has 11 nitrogen and oxygen atoms in total. The number of amides is 1. The van der Waals surface area contributed by atoms with E-state index in [1.165, 1.54) is 28.8 Å². The molecule has 0 saturated carbocycles. The fourth-order valence-electron chi connectivity index (χ4n) is 6.67. The number of hydrogen-bond acceptors (Lipinski definition) is 9. The average molecular weight is 649 g/mol. The van der Waals surface area contributed by atoms with E-state index in [2.05, 4.69) is 21.9 Å². The number of ether oxygens (including phenoxy) is 1. The number of pyridine rings is 1. The lowest BCUT2D eigenvalue weighted by molar-refractivity contribution is -0.128. The number of carbonyl (C=O) groups is 1. The van der Waals surface area contributed by atoms with Gasteiger partial charge in [-0.2, -0.15) is 4.98 Å². The first-order chi connectivity index (χ1) is 22.3. The van der Waals surface area contributed by atoms with Crippen molar-refractivity contribution < 1.29 is 28.5 Å². The first kappa shape index (κ1) is 32.3. The van der Waals surface area contributed by atoms with Gasteiger partial charge in [-0.05, 0) is 63.2 Å². The predicted octanol–water partition coefficient (Wildman–Crippen LogP) is 3.21. The molecule has 2 unspecified atom stereocenters. The first-order valence-corrected chi connectivity index (χ1v) is 15.6. The minimum absolute atomic E-state index is 0.0335. The Morgan fingerprint density at radius 2 is 1.91 bits per heavy atom. The monoisotopic (exact) mass is 648 g/mol. The van der Waals surface area contributed by atoms with Crippen molar-refractivity contribution in [3.63, 3.8) is 0 Å². The van der Waals surface area contributed by atoms with Gasteiger partial charge < -0.3 is 30.1 Å². The van der Waals surface area contributed by atoms with Crippen LogP contribution in [0.3, 0.4) is 0 Å². The van der Waals surface area contributed by atoms with Gasteiger partial charge >= 0.3 is 5.69 Å². The van der Waals surface area contributed by atoms with Crippen LogP contribution in [0.2, 0.25) is 0 Å². The van der Waals surface area contributed by atoms with Gasteiger partial charge in [-0.15, -0.1) is 0 Å². The lowest BCUT2D eigenvalue weighted by Crippen LogP contribution is -2.58. The largest absolute Gasteiger partial charge is 0.490 e. The van der Waals surface area contributed by atoms with E-state index in [-0.39, 0.29) is 69.9 Å². The number of anilines is 1. The Kier molecular flexibility index (Phi) is 8.17. The Morgan fingerprint density at radius 1 is 1.17 bits per heavy atom. The zero-order chi connectivity index (χ0) is 33.9. The van der Waals surface area contributed by atoms with Gasteiger partial charge in [0.1, 0.15) is 41.9 Å². The van der Waals surface area contributed by atoms with Crippen LogP contribution in [0.5, 0.6) is 5.75 Å². The fourth-order valence-corrected chi connectivity index (χ4v) is 6.67. The maximum Gasteiger partial charge on any atom is 0.355 e. The standard InChI is InChI=1S/C34H38F2N6O5/c1-7-26(44)40-14-19(5)41(15-18(40)4)31-21-13-23(36)28-27-22(35)9-8-10-25(27)47-16-24(43)29(45)20-11-12-37-34(6,17(2)3)30(20)42(32(21)38-28)33(46)39-31/h7-13,17-19,24,29,37,43,45H,1,14-16H2,2-6H3/t18-,19+,24?,29?,34+/m1/s1. The van der Waals surface area contributed by atoms with Crippen molar-refractivity contribution in [1.29, 1.82) is 0 Å². The van der Waals surface area contributed by atoms with Crippen LogP contribution in [0.15, 0.2) is 59.6 Å². The SMILES string of the molecule is C=CC(=O)N1C[C@H](C)N(c2nc(=O)n3c4nc(c(F)cc24)-c2c(F)cccc2OCC(O)C(O)C2=C3[C@](C)(C(C)C)NC=C2)C[C@H]1C. The molecule has 0 spiro atoms. The molecule has 0 aliphatic carbocycles. The van der Waals surface area contributed by atoms with Crippen LogP contribution >= 0.6 is 0 Å². The summed E-state index contributed by atoms with van der Waals surface area (Å²) in [7, 11) is 0. The molecule has 6 rings (SSSR count). The lowest BCUT2D eigenvalue weighted by atomic mass is 9.79. The third-order valence-electron chi connectivity index (χ3n) is 9.61. The Bertz CT molecular complexity index is 1910. The number of dihydropyridines is 1. The zero-order valence-electron chi connectivity index (χ0n) is 26.9. The number of rotatable bonds is 3. The van der Waals surface area contributed by atoms with E-state index in [0.29, 0.717) is 6.54 Å². The molecule has 13 heteroatoms. The van der Waals surface area contributed by atoms with Gasteiger partial charge in [-0.3, -0.25) is 4.79 Å². The lowest BCUT2D eigenvalue weighted by Gasteiger charge is -2.45. The quantitative estimate of drug-likeness (QED) is 0.367. The highest BCUT2D eigenvalue weighted by atomic mass is 19.1. The summed E-state index contributed by atoms with van der Waals surface area (Å²) in [5.74, 6) is -2.09. The second-order valence-electron chi connectivity index (χ2n) is 12.9. The molecule has 3 aliphatic heterocycles. The minimum atomic E-state index is -1.55. The van der Waals surface area contributed by atoms with E-state index in [0.717, 1.165) is 6.07 Å². The molecular weight excluding hydrogens is 610 g/mol. The van der Waals surface area contributed by atoms with E-state index in [9.17, 15) is 19.8 Å². The van der Waals surface area contributed by atoms with Crippen molar-refractivity contribution in [3.05, 3.63) is 76.9 Å². The number of hydrogen-bond donors (Lipinski definition) is 3. The van der Waals surface area contributed by atoms with Crippen molar-refractivity contribution in [2.45, 2.75) is 64.4 Å². The second kappa shape index (κ2) is 11.9. The number of aromatic nitrogens is 3. The Hall–Kier alpha value is -4.62. The van der Waals surface area contributed by atoms with Gasteiger partial charge in [-0.1, -0.05) is 26.5 Å². The van der Waals surface area contributed by atoms with Gasteiger partial charge in [0.2, 0.25) is 5.91 Å². The molecule has 47 heavy (non-hydrogen) atoms. The van der Waals surface area contributed by atoms with Gasteiger partial charge in [0.25, 0.3) is 0 Å². The number of nitrogens with one attached hydrogen (secondary N) is 1. The van der Waals surface area contributed by atoms with Crippen molar-refractivity contribution >= 4 is 28.5 Å². The predicted molar refractivity (Wildman–Crippen MR) is 174 cm³/mol. The maximum absolute atomic E-state index is 16.3. The van der Waals surface area contributed by atoms with Crippen molar-refractivity contribution in [3.8, 4) is 17.0 Å². The zero-order valence-corrected chi connectivity index (χ0v) is 26.9. The molecule has 0 radical (unpaired) electrons. The maximum atomic E-state index is 16.3. The van der Waals surface area contributed by atoms with Gasteiger partial charge in [-0.25, -0.2) is 23.1 Å². The van der Waals surface area contributed by atoms with Crippen LogP contribution in [0.25, 0.3) is 28.0 Å². The van der Waals surface area contributed by atoms with E-state index in [1.54, 1.807) is 17.2 Å². The molecule has 3 aromatic rings. The summed E-state index contributed by atoms with van der Waals surface area (Å²) >= 11 is 0. The molecule has 5 atom stereocenters. The number of aliphatic hydroxyl groups excluding tert-OH is 2. The number of halogens is 2. The summed E-state index contributed by atoms with van der Waals surface area (Å²) in [6.07, 6.45) is 1.38. The molecule has 1 aromatic carbocycles. The molecule has 2 bridgehead atoms. The normalized spacial score (nSPS) is 25.9. The third kappa shape index (κ3) is 5.17. The van der Waals surface area contributed by atoms with Crippen LogP contribution in [-0.4, -0.2) is 85.1 Å². The van der Waals surface area contributed by atoms with Crippen molar-refractivity contribution in [2.75, 3.05) is 24.6 Å². The summed E-state index contributed by atoms with van der Waals surface area (Å²) in [5, 5.41) is 26.1. The van der Waals surface area contributed by atoms with E-state index >= 15 is 8.78 Å². The van der Waals surface area contributed by atoms with E-state index < -0.39 is 47.4 Å². The van der Waals surface area contributed by atoms with Crippen LogP contribution in [0.4, 0.5) is 14.6 Å². The van der Waals surface area contributed by atoms with Gasteiger partial charge in [0, 0.05) is 30.7 Å². The van der Waals surface area contributed by atoms with Crippen molar-refractivity contribution in [1.82, 2.24) is 24.8 Å². The average Bonchev–Trinajstić information content (AvgIpc) is 3.03. The number of fused-ring (bicyclic) bond motifs is 4. The van der Waals surface area contributed by atoms with Crippen LogP contribution < -0.4 is 20.6 Å². The Morgan fingerprint density at radius 3 is 2.62 bits per heavy atom. The number of benzene rings is 1. The number of nitrogens with zero attached hydrogens (tertiary/aromatic N) is 5. The van der Waals surface area contributed by atoms with Gasteiger partial charge in [0.05, 0.1) is 22.2 Å². The summed E-state index contributed by atoms with van der Waals surface area (Å²) < 4.78 is 38.9. The Balaban J connectivity index is 1.73. The smallest absolute Gasteiger partial charge is 0.355 e. The van der Waals surface area contributed by atoms with E-state index in [4.69, 9.17) is 4.74 Å². The van der Waals surface area contributed by atoms with Gasteiger partial charge in [0.15, 0.2) is 11.5 Å². The highest BCUT2D eigenvalue weighted by Crippen LogP contribution is 2.41. The van der Waals surface area contributed by atoms with Crippen LogP contribution in [0.1, 0.15) is 34.6 Å². The summed E-state index contributed by atoms with van der Waals surface area (Å²) in [4.78, 5) is 39.6. The van der Waals surface area contributed by atoms with Crippen LogP contribution in [0, 0.1) is 17.6 Å². The molecule has 1 saturated heterocycles.